The zero-order chi connectivity index (χ0) is 12.6. The number of hydrogen-bond acceptors (Lipinski definition) is 3. The number of rotatable bonds is 1. The molecule has 0 amide bonds. The van der Waals surface area contributed by atoms with Crippen LogP contribution in [0.3, 0.4) is 0 Å². The van der Waals surface area contributed by atoms with Crippen molar-refractivity contribution in [3.8, 4) is 5.69 Å². The highest BCUT2D eigenvalue weighted by Crippen LogP contribution is 2.32. The van der Waals surface area contributed by atoms with Gasteiger partial charge in [0.25, 0.3) is 0 Å². The average molecular weight is 248 g/mol. The first kappa shape index (κ1) is 11.3. The van der Waals surface area contributed by atoms with Crippen LogP contribution in [0.15, 0.2) is 23.0 Å². The molecule has 1 aromatic carbocycles. The molecule has 90 valence electrons. The summed E-state index contributed by atoms with van der Waals surface area (Å²) in [6.45, 7) is 0. The Kier molecular flexibility index (Phi) is 2.45. The van der Waals surface area contributed by atoms with Crippen molar-refractivity contribution in [2.45, 2.75) is 6.18 Å². The van der Waals surface area contributed by atoms with E-state index in [0.29, 0.717) is 10.7 Å². The fourth-order valence-corrected chi connectivity index (χ4v) is 1.26. The minimum absolute atomic E-state index is 0.407. The molecule has 0 atom stereocenters. The molecule has 0 aliphatic rings. The molecule has 2 rings (SSSR count). The molecule has 0 saturated heterocycles. The lowest BCUT2D eigenvalue weighted by atomic mass is 10.2. The summed E-state index contributed by atoms with van der Waals surface area (Å²) in [4.78, 5) is 11.1. The van der Waals surface area contributed by atoms with Gasteiger partial charge in [-0.15, -0.1) is 0 Å². The summed E-state index contributed by atoms with van der Waals surface area (Å²) in [5.74, 6) is -1.57. The van der Waals surface area contributed by atoms with Gasteiger partial charge in [0.15, 0.2) is 5.82 Å². The quantitative estimate of drug-likeness (QED) is 0.769. The summed E-state index contributed by atoms with van der Waals surface area (Å²) in [7, 11) is 0. The molecular weight excluding hydrogens is 244 g/mol. The molecule has 17 heavy (non-hydrogen) atoms. The lowest BCUT2D eigenvalue weighted by Crippen LogP contribution is -2.19. The molecule has 0 bridgehead atoms. The normalized spacial score (nSPS) is 11.8. The SMILES string of the molecule is O=c1[nH]nnn1-c1cccc(C(F)(F)F)c1F. The Bertz CT molecular complexity index is 600. The minimum Gasteiger partial charge on any atom is -0.244 e. The molecule has 9 heteroatoms. The van der Waals surface area contributed by atoms with Gasteiger partial charge in [-0.2, -0.15) is 17.9 Å². The molecule has 0 spiro atoms. The third-order valence-electron chi connectivity index (χ3n) is 1.98. The molecule has 5 nitrogen and oxygen atoms in total. The smallest absolute Gasteiger partial charge is 0.244 e. The van der Waals surface area contributed by atoms with Crippen molar-refractivity contribution in [3.63, 3.8) is 0 Å². The van der Waals surface area contributed by atoms with Crippen molar-refractivity contribution in [1.82, 2.24) is 20.2 Å². The van der Waals surface area contributed by atoms with Crippen molar-refractivity contribution in [3.05, 3.63) is 40.1 Å². The van der Waals surface area contributed by atoms with E-state index in [-0.39, 0.29) is 0 Å². The highest BCUT2D eigenvalue weighted by atomic mass is 19.4. The molecule has 1 heterocycles. The lowest BCUT2D eigenvalue weighted by molar-refractivity contribution is -0.140. The largest absolute Gasteiger partial charge is 0.419 e. The maximum atomic E-state index is 13.6. The summed E-state index contributed by atoms with van der Waals surface area (Å²) < 4.78 is 51.2. The van der Waals surface area contributed by atoms with Gasteiger partial charge in [0.2, 0.25) is 0 Å². The zero-order valence-corrected chi connectivity index (χ0v) is 7.99. The summed E-state index contributed by atoms with van der Waals surface area (Å²) in [5.41, 5.74) is -3.01. The standard InChI is InChI=1S/C8H4F4N4O/c9-6-4(8(10,11)12)2-1-3-5(6)16-7(17)13-14-15-16/h1-3H,(H,13,15,17). The third-order valence-corrected chi connectivity index (χ3v) is 1.98. The third kappa shape index (κ3) is 1.90. The first-order valence-corrected chi connectivity index (χ1v) is 4.27. The van der Waals surface area contributed by atoms with Crippen LogP contribution in [0.25, 0.3) is 5.69 Å². The number of alkyl halides is 3. The van der Waals surface area contributed by atoms with E-state index in [2.05, 4.69) is 10.4 Å². The van der Waals surface area contributed by atoms with Crippen LogP contribution in [-0.4, -0.2) is 20.2 Å². The predicted octanol–water partition coefficient (Wildman–Crippen LogP) is 1.11. The fourth-order valence-electron chi connectivity index (χ4n) is 1.26. The topological polar surface area (TPSA) is 63.6 Å². The van der Waals surface area contributed by atoms with Crippen LogP contribution in [0.5, 0.6) is 0 Å². The molecule has 0 aliphatic heterocycles. The molecule has 1 N–H and O–H groups in total. The molecule has 0 saturated carbocycles. The van der Waals surface area contributed by atoms with Gasteiger partial charge in [0, 0.05) is 0 Å². The second-order valence-electron chi connectivity index (χ2n) is 3.05. The number of tetrazole rings is 1. The van der Waals surface area contributed by atoms with E-state index in [1.165, 1.54) is 0 Å². The molecule has 0 aliphatic carbocycles. The van der Waals surface area contributed by atoms with Crippen LogP contribution in [-0.2, 0) is 6.18 Å². The highest BCUT2D eigenvalue weighted by molar-refractivity contribution is 5.38. The van der Waals surface area contributed by atoms with Crippen LogP contribution in [0.4, 0.5) is 17.6 Å². The van der Waals surface area contributed by atoms with Gasteiger partial charge >= 0.3 is 11.9 Å². The number of H-pyrrole nitrogens is 1. The van der Waals surface area contributed by atoms with E-state index in [0.717, 1.165) is 12.1 Å². The van der Waals surface area contributed by atoms with Crippen molar-refractivity contribution < 1.29 is 17.6 Å². The molecule has 0 radical (unpaired) electrons. The molecule has 1 aromatic heterocycles. The van der Waals surface area contributed by atoms with Crippen molar-refractivity contribution in [2.75, 3.05) is 0 Å². The Morgan fingerprint density at radius 1 is 1.29 bits per heavy atom. The summed E-state index contributed by atoms with van der Waals surface area (Å²) in [6, 6.07) is 2.54. The maximum Gasteiger partial charge on any atom is 0.419 e. The predicted molar refractivity (Wildman–Crippen MR) is 46.9 cm³/mol. The second kappa shape index (κ2) is 3.68. The van der Waals surface area contributed by atoms with Gasteiger partial charge in [0.05, 0.1) is 5.56 Å². The molecular formula is C8H4F4N4O. The summed E-state index contributed by atoms with van der Waals surface area (Å²) in [6.07, 6.45) is -4.84. The monoisotopic (exact) mass is 248 g/mol. The van der Waals surface area contributed by atoms with Crippen LogP contribution < -0.4 is 5.69 Å². The number of hydrogen-bond donors (Lipinski definition) is 1. The van der Waals surface area contributed by atoms with Crippen molar-refractivity contribution in [1.29, 1.82) is 0 Å². The number of nitrogens with one attached hydrogen (secondary N) is 1. The number of benzene rings is 1. The fraction of sp³-hybridized carbons (Fsp3) is 0.125. The Hall–Kier alpha value is -2.19. The first-order chi connectivity index (χ1) is 7.91. The Morgan fingerprint density at radius 3 is 2.53 bits per heavy atom. The number of nitrogens with zero attached hydrogens (tertiary/aromatic N) is 3. The van der Waals surface area contributed by atoms with Crippen LogP contribution in [0.2, 0.25) is 0 Å². The van der Waals surface area contributed by atoms with Gasteiger partial charge < -0.3 is 0 Å². The number of aromatic amines is 1. The van der Waals surface area contributed by atoms with Gasteiger partial charge in [-0.05, 0) is 22.6 Å². The number of aromatic nitrogens is 4. The minimum atomic E-state index is -4.84. The Balaban J connectivity index is 2.66. The Labute approximate surface area is 90.7 Å². The first-order valence-electron chi connectivity index (χ1n) is 4.27. The van der Waals surface area contributed by atoms with E-state index in [9.17, 15) is 22.4 Å². The highest BCUT2D eigenvalue weighted by Gasteiger charge is 2.35. The van der Waals surface area contributed by atoms with Gasteiger partial charge in [-0.3, -0.25) is 0 Å². The maximum absolute atomic E-state index is 13.6. The summed E-state index contributed by atoms with van der Waals surface area (Å²) >= 11 is 0. The van der Waals surface area contributed by atoms with Crippen LogP contribution in [0, 0.1) is 5.82 Å². The van der Waals surface area contributed by atoms with E-state index in [1.807, 2.05) is 5.10 Å². The van der Waals surface area contributed by atoms with Gasteiger partial charge in [0.1, 0.15) is 5.69 Å². The molecule has 0 unspecified atom stereocenters. The van der Waals surface area contributed by atoms with E-state index in [4.69, 9.17) is 0 Å². The van der Waals surface area contributed by atoms with Crippen LogP contribution >= 0.6 is 0 Å². The van der Waals surface area contributed by atoms with E-state index < -0.39 is 28.9 Å². The van der Waals surface area contributed by atoms with Gasteiger partial charge in [-0.25, -0.2) is 14.3 Å². The molecule has 0 fully saturated rings. The van der Waals surface area contributed by atoms with Crippen LogP contribution in [0.1, 0.15) is 5.56 Å². The van der Waals surface area contributed by atoms with Crippen molar-refractivity contribution >= 4 is 0 Å². The Morgan fingerprint density at radius 2 is 2.00 bits per heavy atom. The summed E-state index contributed by atoms with van der Waals surface area (Å²) in [5, 5.41) is 8.07. The average Bonchev–Trinajstić information content (AvgIpc) is 2.63. The molecule has 2 aromatic rings. The second-order valence-corrected chi connectivity index (χ2v) is 3.05. The number of halogens is 4. The van der Waals surface area contributed by atoms with Crippen molar-refractivity contribution in [2.24, 2.45) is 0 Å². The van der Waals surface area contributed by atoms with Gasteiger partial charge in [-0.1, -0.05) is 6.07 Å². The lowest BCUT2D eigenvalue weighted by Gasteiger charge is -2.09. The van der Waals surface area contributed by atoms with E-state index in [1.54, 1.807) is 0 Å². The van der Waals surface area contributed by atoms with E-state index >= 15 is 0 Å². The zero-order valence-electron chi connectivity index (χ0n) is 7.99.